The van der Waals surface area contributed by atoms with Crippen LogP contribution in [0.2, 0.25) is 0 Å². The fraction of sp³-hybridized carbons (Fsp3) is 0.192. The van der Waals surface area contributed by atoms with Gasteiger partial charge in [0.25, 0.3) is 5.91 Å². The van der Waals surface area contributed by atoms with Gasteiger partial charge in [-0.05, 0) is 37.4 Å². The fourth-order valence-electron chi connectivity index (χ4n) is 3.94. The van der Waals surface area contributed by atoms with Gasteiger partial charge in [-0.25, -0.2) is 9.67 Å². The first-order valence-electron chi connectivity index (χ1n) is 11.1. The Hall–Kier alpha value is -3.97. The minimum absolute atomic E-state index is 0.234. The van der Waals surface area contributed by atoms with Gasteiger partial charge in [-0.3, -0.25) is 4.79 Å². The molecule has 33 heavy (non-hydrogen) atoms. The molecule has 7 nitrogen and oxygen atoms in total. The summed E-state index contributed by atoms with van der Waals surface area (Å²) in [5.74, 6) is 0.699. The predicted molar refractivity (Wildman–Crippen MR) is 131 cm³/mol. The number of hydrogen-bond donors (Lipinski definition) is 1. The van der Waals surface area contributed by atoms with E-state index in [0.717, 1.165) is 48.9 Å². The highest BCUT2D eigenvalue weighted by atomic mass is 16.2. The Balaban J connectivity index is 1.39. The molecule has 0 unspecified atom stereocenters. The van der Waals surface area contributed by atoms with Crippen molar-refractivity contribution in [2.75, 3.05) is 43.4 Å². The van der Waals surface area contributed by atoms with Crippen LogP contribution in [0.4, 0.5) is 11.5 Å². The van der Waals surface area contributed by atoms with Crippen LogP contribution in [-0.4, -0.2) is 58.8 Å². The van der Waals surface area contributed by atoms with Crippen molar-refractivity contribution in [3.8, 4) is 16.9 Å². The highest BCUT2D eigenvalue weighted by Gasteiger charge is 2.19. The van der Waals surface area contributed by atoms with E-state index in [-0.39, 0.29) is 5.91 Å². The number of nitrogens with zero attached hydrogens (tertiary/aromatic N) is 5. The first-order chi connectivity index (χ1) is 16.2. The summed E-state index contributed by atoms with van der Waals surface area (Å²) in [6.45, 7) is 3.95. The van der Waals surface area contributed by atoms with E-state index in [2.05, 4.69) is 27.1 Å². The Morgan fingerprint density at radius 1 is 0.879 bits per heavy atom. The molecule has 5 rings (SSSR count). The van der Waals surface area contributed by atoms with Gasteiger partial charge in [0.1, 0.15) is 11.5 Å². The lowest BCUT2D eigenvalue weighted by atomic mass is 10.1. The third kappa shape index (κ3) is 4.63. The largest absolute Gasteiger partial charge is 0.354 e. The van der Waals surface area contributed by atoms with Crippen LogP contribution in [-0.2, 0) is 0 Å². The number of carbonyl (C=O) groups excluding carboxylic acids is 1. The summed E-state index contributed by atoms with van der Waals surface area (Å²) in [6, 6.07) is 25.2. The van der Waals surface area contributed by atoms with Crippen LogP contribution in [0.5, 0.6) is 0 Å². The Kier molecular flexibility index (Phi) is 5.87. The fourth-order valence-corrected chi connectivity index (χ4v) is 3.94. The number of rotatable bonds is 5. The van der Waals surface area contributed by atoms with Crippen LogP contribution in [0.25, 0.3) is 16.9 Å². The van der Waals surface area contributed by atoms with E-state index >= 15 is 0 Å². The van der Waals surface area contributed by atoms with Crippen molar-refractivity contribution in [3.63, 3.8) is 0 Å². The van der Waals surface area contributed by atoms with E-state index in [1.807, 2.05) is 78.9 Å². The van der Waals surface area contributed by atoms with Crippen molar-refractivity contribution in [1.29, 1.82) is 0 Å². The maximum absolute atomic E-state index is 13.3. The molecule has 7 heteroatoms. The molecule has 0 atom stereocenters. The lowest BCUT2D eigenvalue weighted by Gasteiger charge is -2.33. The zero-order chi connectivity index (χ0) is 22.6. The zero-order valence-corrected chi connectivity index (χ0v) is 18.6. The van der Waals surface area contributed by atoms with Crippen molar-refractivity contribution in [2.24, 2.45) is 0 Å². The van der Waals surface area contributed by atoms with Crippen LogP contribution in [0, 0.1) is 0 Å². The van der Waals surface area contributed by atoms with E-state index in [9.17, 15) is 4.79 Å². The van der Waals surface area contributed by atoms with Crippen molar-refractivity contribution in [2.45, 2.75) is 0 Å². The van der Waals surface area contributed by atoms with Crippen molar-refractivity contribution >= 4 is 17.4 Å². The normalized spacial score (nSPS) is 14.3. The number of amides is 1. The summed E-state index contributed by atoms with van der Waals surface area (Å²) in [5, 5.41) is 7.71. The molecule has 3 heterocycles. The first-order valence-corrected chi connectivity index (χ1v) is 11.1. The van der Waals surface area contributed by atoms with Gasteiger partial charge in [-0.15, -0.1) is 0 Å². The number of hydrogen-bond acceptors (Lipinski definition) is 5. The van der Waals surface area contributed by atoms with Gasteiger partial charge in [0, 0.05) is 31.7 Å². The number of piperazine rings is 1. The summed E-state index contributed by atoms with van der Waals surface area (Å²) in [7, 11) is 2.13. The third-order valence-electron chi connectivity index (χ3n) is 5.85. The van der Waals surface area contributed by atoms with Gasteiger partial charge < -0.3 is 15.1 Å². The molecule has 1 aliphatic heterocycles. The Bertz CT molecular complexity index is 1210. The number of pyridine rings is 1. The standard InChI is InChI=1S/C26H26N6O/c1-30-14-16-31(17-15-30)25-13-12-21(19-27-25)28-26(33)24-18-23(20-8-4-2-5-9-20)29-32(24)22-10-6-3-7-11-22/h2-13,18-19H,14-17H2,1H3,(H,28,33). The summed E-state index contributed by atoms with van der Waals surface area (Å²) in [5.41, 5.74) is 3.64. The van der Waals surface area contributed by atoms with Crippen LogP contribution < -0.4 is 10.2 Å². The van der Waals surface area contributed by atoms with E-state index < -0.39 is 0 Å². The number of nitrogens with one attached hydrogen (secondary N) is 1. The number of likely N-dealkylation sites (N-methyl/N-ethyl adjacent to an activating group) is 1. The molecule has 0 saturated carbocycles. The molecular formula is C26H26N6O. The number of aromatic nitrogens is 3. The SMILES string of the molecule is CN1CCN(c2ccc(NC(=O)c3cc(-c4ccccc4)nn3-c3ccccc3)cn2)CC1. The summed E-state index contributed by atoms with van der Waals surface area (Å²) < 4.78 is 1.68. The Morgan fingerprint density at radius 3 is 2.24 bits per heavy atom. The minimum Gasteiger partial charge on any atom is -0.354 e. The van der Waals surface area contributed by atoms with E-state index in [1.165, 1.54) is 0 Å². The van der Waals surface area contributed by atoms with Gasteiger partial charge in [0.2, 0.25) is 0 Å². The lowest BCUT2D eigenvalue weighted by molar-refractivity contribution is 0.101. The van der Waals surface area contributed by atoms with Crippen LogP contribution in [0.1, 0.15) is 10.5 Å². The molecule has 0 bridgehead atoms. The molecule has 1 aliphatic rings. The maximum Gasteiger partial charge on any atom is 0.274 e. The highest BCUT2D eigenvalue weighted by molar-refractivity contribution is 6.04. The monoisotopic (exact) mass is 438 g/mol. The summed E-state index contributed by atoms with van der Waals surface area (Å²) >= 11 is 0. The molecule has 1 fully saturated rings. The third-order valence-corrected chi connectivity index (χ3v) is 5.85. The van der Waals surface area contributed by atoms with Gasteiger partial charge in [0.05, 0.1) is 23.3 Å². The average Bonchev–Trinajstić information content (AvgIpc) is 3.32. The maximum atomic E-state index is 13.3. The van der Waals surface area contributed by atoms with E-state index in [1.54, 1.807) is 10.9 Å². The summed E-state index contributed by atoms with van der Waals surface area (Å²) in [6.07, 6.45) is 1.72. The second kappa shape index (κ2) is 9.26. The van der Waals surface area contributed by atoms with Gasteiger partial charge in [-0.2, -0.15) is 5.10 Å². The van der Waals surface area contributed by atoms with Gasteiger partial charge >= 0.3 is 0 Å². The number of benzene rings is 2. The average molecular weight is 439 g/mol. The minimum atomic E-state index is -0.234. The molecular weight excluding hydrogens is 412 g/mol. The molecule has 0 spiro atoms. The van der Waals surface area contributed by atoms with Gasteiger partial charge in [0.15, 0.2) is 0 Å². The molecule has 2 aromatic carbocycles. The van der Waals surface area contributed by atoms with Crippen molar-refractivity contribution in [1.82, 2.24) is 19.7 Å². The number of anilines is 2. The quantitative estimate of drug-likeness (QED) is 0.511. The zero-order valence-electron chi connectivity index (χ0n) is 18.6. The smallest absolute Gasteiger partial charge is 0.274 e. The molecule has 0 aliphatic carbocycles. The lowest BCUT2D eigenvalue weighted by Crippen LogP contribution is -2.44. The molecule has 1 N–H and O–H groups in total. The van der Waals surface area contributed by atoms with E-state index in [4.69, 9.17) is 5.10 Å². The van der Waals surface area contributed by atoms with Crippen molar-refractivity contribution < 1.29 is 4.79 Å². The molecule has 1 saturated heterocycles. The second-order valence-electron chi connectivity index (χ2n) is 8.18. The predicted octanol–water partition coefficient (Wildman–Crippen LogP) is 3.94. The molecule has 0 radical (unpaired) electrons. The highest BCUT2D eigenvalue weighted by Crippen LogP contribution is 2.23. The first kappa shape index (κ1) is 20.9. The van der Waals surface area contributed by atoms with Crippen LogP contribution in [0.15, 0.2) is 85.1 Å². The molecule has 2 aromatic heterocycles. The number of carbonyl (C=O) groups is 1. The molecule has 166 valence electrons. The Labute approximate surface area is 193 Å². The molecule has 4 aromatic rings. The second-order valence-corrected chi connectivity index (χ2v) is 8.18. The molecule has 1 amide bonds. The van der Waals surface area contributed by atoms with E-state index in [0.29, 0.717) is 11.4 Å². The summed E-state index contributed by atoms with van der Waals surface area (Å²) in [4.78, 5) is 22.4. The van der Waals surface area contributed by atoms with Crippen LogP contribution >= 0.6 is 0 Å². The van der Waals surface area contributed by atoms with Gasteiger partial charge in [-0.1, -0.05) is 48.5 Å². The Morgan fingerprint density at radius 2 is 1.58 bits per heavy atom. The van der Waals surface area contributed by atoms with Crippen molar-refractivity contribution in [3.05, 3.63) is 90.8 Å². The topological polar surface area (TPSA) is 66.3 Å². The van der Waals surface area contributed by atoms with Crippen LogP contribution in [0.3, 0.4) is 0 Å². The number of para-hydroxylation sites is 1.